The van der Waals surface area contributed by atoms with E-state index in [1.807, 2.05) is 17.3 Å². The molecule has 0 aliphatic carbocycles. The maximum Gasteiger partial charge on any atom is 0.471 e. The fourth-order valence-corrected chi connectivity index (χ4v) is 3.79. The van der Waals surface area contributed by atoms with Crippen molar-refractivity contribution in [3.05, 3.63) is 63.1 Å². The summed E-state index contributed by atoms with van der Waals surface area (Å²) >= 11 is 12.5. The third-order valence-corrected chi connectivity index (χ3v) is 4.89. The molecule has 1 heterocycles. The fraction of sp³-hybridized carbons (Fsp3) is 0.278. The van der Waals surface area contributed by atoms with Crippen LogP contribution in [0.5, 0.6) is 0 Å². The van der Waals surface area contributed by atoms with Gasteiger partial charge in [0.25, 0.3) is 0 Å². The fourth-order valence-electron chi connectivity index (χ4n) is 3.22. The van der Waals surface area contributed by atoms with E-state index < -0.39 is 12.1 Å². The number of para-hydroxylation sites is 1. The number of halogens is 5. The van der Waals surface area contributed by atoms with E-state index in [4.69, 9.17) is 23.2 Å². The molecule has 3 nitrogen and oxygen atoms in total. The van der Waals surface area contributed by atoms with Crippen LogP contribution < -0.4 is 5.32 Å². The molecule has 0 bridgehead atoms. The molecule has 26 heavy (non-hydrogen) atoms. The van der Waals surface area contributed by atoms with Gasteiger partial charge in [0.2, 0.25) is 0 Å². The Kier molecular flexibility index (Phi) is 5.19. The molecule has 0 saturated heterocycles. The Labute approximate surface area is 158 Å². The number of anilines is 1. The maximum absolute atomic E-state index is 12.7. The Morgan fingerprint density at radius 3 is 2.58 bits per heavy atom. The van der Waals surface area contributed by atoms with Crippen LogP contribution >= 0.6 is 23.2 Å². The minimum Gasteiger partial charge on any atom is -0.318 e. The molecule has 1 amide bonds. The van der Waals surface area contributed by atoms with Crippen LogP contribution in [0.1, 0.15) is 22.6 Å². The smallest absolute Gasteiger partial charge is 0.318 e. The van der Waals surface area contributed by atoms with E-state index in [1.165, 1.54) is 6.07 Å². The average molecular weight is 403 g/mol. The van der Waals surface area contributed by atoms with Gasteiger partial charge in [-0.1, -0.05) is 41.4 Å². The highest BCUT2D eigenvalue weighted by molar-refractivity contribution is 6.35. The van der Waals surface area contributed by atoms with Crippen molar-refractivity contribution in [2.24, 2.45) is 0 Å². The number of rotatable bonds is 2. The first kappa shape index (κ1) is 19.0. The second kappa shape index (κ2) is 7.10. The molecular formula is C18H15Cl2F3N2O. The van der Waals surface area contributed by atoms with E-state index >= 15 is 0 Å². The van der Waals surface area contributed by atoms with Crippen molar-refractivity contribution in [2.75, 3.05) is 18.9 Å². The summed E-state index contributed by atoms with van der Waals surface area (Å²) in [6, 6.07) is 9.89. The van der Waals surface area contributed by atoms with Crippen molar-refractivity contribution in [2.45, 2.75) is 18.6 Å². The highest BCUT2D eigenvalue weighted by Crippen LogP contribution is 2.40. The molecule has 1 aliphatic heterocycles. The monoisotopic (exact) mass is 402 g/mol. The Morgan fingerprint density at radius 1 is 1.19 bits per heavy atom. The third-order valence-electron chi connectivity index (χ3n) is 4.33. The van der Waals surface area contributed by atoms with Crippen molar-refractivity contribution in [1.82, 2.24) is 4.90 Å². The lowest BCUT2D eigenvalue weighted by Crippen LogP contribution is -2.33. The van der Waals surface area contributed by atoms with Gasteiger partial charge in [0.05, 0.1) is 0 Å². The standard InChI is InChI=1S/C18H15Cl2F3N2O/c1-25-8-13(12-6-10(19)7-15(20)14(12)9-25)11-4-2-3-5-16(11)24-17(26)18(21,22)23/h2-7,13H,8-9H2,1H3,(H,24,26). The van der Waals surface area contributed by atoms with Gasteiger partial charge in [-0.15, -0.1) is 0 Å². The van der Waals surface area contributed by atoms with Gasteiger partial charge >= 0.3 is 12.1 Å². The van der Waals surface area contributed by atoms with Crippen molar-refractivity contribution in [3.63, 3.8) is 0 Å². The summed E-state index contributed by atoms with van der Waals surface area (Å²) in [5, 5.41) is 2.95. The first-order valence-corrected chi connectivity index (χ1v) is 8.56. The van der Waals surface area contributed by atoms with Gasteiger partial charge in [-0.05, 0) is 41.9 Å². The molecule has 1 N–H and O–H groups in total. The molecule has 0 fully saturated rings. The molecule has 1 unspecified atom stereocenters. The predicted molar refractivity (Wildman–Crippen MR) is 95.8 cm³/mol. The third kappa shape index (κ3) is 3.82. The van der Waals surface area contributed by atoms with Crippen LogP contribution in [0, 0.1) is 0 Å². The van der Waals surface area contributed by atoms with Crippen LogP contribution in [0.2, 0.25) is 10.0 Å². The van der Waals surface area contributed by atoms with Crippen LogP contribution in [0.4, 0.5) is 18.9 Å². The van der Waals surface area contributed by atoms with Crippen molar-refractivity contribution < 1.29 is 18.0 Å². The zero-order valence-corrected chi connectivity index (χ0v) is 15.2. The molecule has 0 aromatic heterocycles. The number of carbonyl (C=O) groups is 1. The Balaban J connectivity index is 2.07. The summed E-state index contributed by atoms with van der Waals surface area (Å²) in [4.78, 5) is 13.4. The lowest BCUT2D eigenvalue weighted by molar-refractivity contribution is -0.167. The molecule has 2 aromatic rings. The summed E-state index contributed by atoms with van der Waals surface area (Å²) in [6.07, 6.45) is -4.96. The number of fused-ring (bicyclic) bond motifs is 1. The Morgan fingerprint density at radius 2 is 1.88 bits per heavy atom. The average Bonchev–Trinajstić information content (AvgIpc) is 2.55. The van der Waals surface area contributed by atoms with E-state index in [1.54, 1.807) is 30.3 Å². The number of amides is 1. The number of likely N-dealkylation sites (N-methyl/N-ethyl adjacent to an activating group) is 1. The van der Waals surface area contributed by atoms with Crippen LogP contribution in [0.3, 0.4) is 0 Å². The van der Waals surface area contributed by atoms with Gasteiger partial charge in [-0.2, -0.15) is 13.2 Å². The van der Waals surface area contributed by atoms with Crippen LogP contribution in [-0.2, 0) is 11.3 Å². The van der Waals surface area contributed by atoms with Crippen LogP contribution in [0.15, 0.2) is 36.4 Å². The van der Waals surface area contributed by atoms with Crippen molar-refractivity contribution in [1.29, 1.82) is 0 Å². The van der Waals surface area contributed by atoms with Gasteiger partial charge < -0.3 is 10.2 Å². The van der Waals surface area contributed by atoms with E-state index in [2.05, 4.69) is 0 Å². The summed E-state index contributed by atoms with van der Waals surface area (Å²) in [6.45, 7) is 1.17. The first-order valence-electron chi connectivity index (χ1n) is 7.80. The van der Waals surface area contributed by atoms with Gasteiger partial charge in [-0.3, -0.25) is 4.79 Å². The highest BCUT2D eigenvalue weighted by Gasteiger charge is 2.39. The lowest BCUT2D eigenvalue weighted by atomic mass is 9.84. The zero-order valence-electron chi connectivity index (χ0n) is 13.7. The largest absolute Gasteiger partial charge is 0.471 e. The predicted octanol–water partition coefficient (Wildman–Crippen LogP) is 5.07. The van der Waals surface area contributed by atoms with Gasteiger partial charge in [0.15, 0.2) is 0 Å². The number of benzene rings is 2. The molecule has 0 saturated carbocycles. The minimum absolute atomic E-state index is 0.122. The second-order valence-corrected chi connectivity index (χ2v) is 7.09. The van der Waals surface area contributed by atoms with E-state index in [0.717, 1.165) is 11.1 Å². The second-order valence-electron chi connectivity index (χ2n) is 6.24. The minimum atomic E-state index is -4.96. The van der Waals surface area contributed by atoms with E-state index in [9.17, 15) is 18.0 Å². The Hall–Kier alpha value is -1.76. The number of alkyl halides is 3. The first-order chi connectivity index (χ1) is 12.2. The van der Waals surface area contributed by atoms with Crippen LogP contribution in [-0.4, -0.2) is 30.6 Å². The number of nitrogens with one attached hydrogen (secondary N) is 1. The lowest BCUT2D eigenvalue weighted by Gasteiger charge is -2.34. The molecule has 8 heteroatoms. The molecule has 1 aliphatic rings. The van der Waals surface area contributed by atoms with E-state index in [-0.39, 0.29) is 11.6 Å². The quantitative estimate of drug-likeness (QED) is 0.760. The number of carbonyl (C=O) groups excluding carboxylic acids is 1. The van der Waals surface area contributed by atoms with Gasteiger partial charge in [0.1, 0.15) is 0 Å². The SMILES string of the molecule is CN1Cc2c(Cl)cc(Cl)cc2C(c2ccccc2NC(=O)C(F)(F)F)C1. The highest BCUT2D eigenvalue weighted by atomic mass is 35.5. The molecule has 0 spiro atoms. The van der Waals surface area contributed by atoms with E-state index in [0.29, 0.717) is 28.7 Å². The summed E-state index contributed by atoms with van der Waals surface area (Å²) < 4.78 is 38.0. The molecule has 3 rings (SSSR count). The topological polar surface area (TPSA) is 32.3 Å². The number of hydrogen-bond donors (Lipinski definition) is 1. The molecule has 1 atom stereocenters. The summed E-state index contributed by atoms with van der Waals surface area (Å²) in [5.41, 5.74) is 2.44. The molecular weight excluding hydrogens is 388 g/mol. The number of hydrogen-bond acceptors (Lipinski definition) is 2. The Bertz CT molecular complexity index is 855. The maximum atomic E-state index is 12.7. The van der Waals surface area contributed by atoms with Crippen LogP contribution in [0.25, 0.3) is 0 Å². The van der Waals surface area contributed by atoms with Crippen molar-refractivity contribution in [3.8, 4) is 0 Å². The van der Waals surface area contributed by atoms with Gasteiger partial charge in [-0.25, -0.2) is 0 Å². The summed E-state index contributed by atoms with van der Waals surface area (Å²) in [5.74, 6) is -2.27. The normalized spacial score (nSPS) is 17.7. The summed E-state index contributed by atoms with van der Waals surface area (Å²) in [7, 11) is 1.90. The van der Waals surface area contributed by atoms with Crippen molar-refractivity contribution >= 4 is 34.8 Å². The zero-order chi connectivity index (χ0) is 19.1. The molecule has 138 valence electrons. The molecule has 2 aromatic carbocycles. The van der Waals surface area contributed by atoms with Gasteiger partial charge in [0, 0.05) is 34.7 Å². The number of nitrogens with zero attached hydrogens (tertiary/aromatic N) is 1. The molecule has 0 radical (unpaired) electrons.